The van der Waals surface area contributed by atoms with Gasteiger partial charge in [-0.3, -0.25) is 0 Å². The Morgan fingerprint density at radius 1 is 1.40 bits per heavy atom. The number of carbonyl (C=O) groups is 1. The molecular weight excluding hydrogens is 222 g/mol. The van der Waals surface area contributed by atoms with Gasteiger partial charge in [-0.2, -0.15) is 8.78 Å². The molecule has 0 saturated carbocycles. The highest BCUT2D eigenvalue weighted by atomic mass is 32.1. The van der Waals surface area contributed by atoms with E-state index in [1.54, 1.807) is 0 Å². The van der Waals surface area contributed by atoms with Crippen molar-refractivity contribution in [2.45, 2.75) is 31.6 Å². The van der Waals surface area contributed by atoms with Crippen molar-refractivity contribution in [3.05, 3.63) is 21.4 Å². The molecule has 0 aliphatic heterocycles. The summed E-state index contributed by atoms with van der Waals surface area (Å²) < 4.78 is 26.6. The summed E-state index contributed by atoms with van der Waals surface area (Å²) in [5.41, 5.74) is 0.272. The third-order valence-corrected chi connectivity index (χ3v) is 3.76. The maximum atomic E-state index is 13.3. The number of alkyl halides is 2. The second-order valence-electron chi connectivity index (χ2n) is 3.64. The lowest BCUT2D eigenvalue weighted by atomic mass is 9.93. The Hall–Kier alpha value is -0.970. The smallest absolute Gasteiger partial charge is 0.379 e. The van der Waals surface area contributed by atoms with Gasteiger partial charge >= 0.3 is 11.9 Å². The molecule has 0 amide bonds. The largest absolute Gasteiger partial charge is 0.477 e. The van der Waals surface area contributed by atoms with Gasteiger partial charge in [-0.15, -0.1) is 11.3 Å². The highest BCUT2D eigenvalue weighted by Gasteiger charge is 2.44. The zero-order valence-corrected chi connectivity index (χ0v) is 8.74. The lowest BCUT2D eigenvalue weighted by molar-refractivity contribution is -0.166. The molecule has 2 nitrogen and oxygen atoms in total. The second kappa shape index (κ2) is 3.56. The van der Waals surface area contributed by atoms with Crippen LogP contribution < -0.4 is 0 Å². The van der Waals surface area contributed by atoms with E-state index < -0.39 is 11.9 Å². The first kappa shape index (κ1) is 10.5. The van der Waals surface area contributed by atoms with Crippen LogP contribution in [0.5, 0.6) is 0 Å². The first-order valence-corrected chi connectivity index (χ1v) is 5.62. The van der Waals surface area contributed by atoms with E-state index in [-0.39, 0.29) is 5.56 Å². The van der Waals surface area contributed by atoms with Gasteiger partial charge in [-0.05, 0) is 31.2 Å². The minimum absolute atomic E-state index is 0.297. The van der Waals surface area contributed by atoms with E-state index in [1.165, 1.54) is 16.7 Å². The number of fused-ring (bicyclic) bond motifs is 1. The predicted molar refractivity (Wildman–Crippen MR) is 52.5 cm³/mol. The molecule has 1 N–H and O–H groups in total. The molecule has 0 unspecified atom stereocenters. The molecule has 2 rings (SSSR count). The summed E-state index contributed by atoms with van der Waals surface area (Å²) in [4.78, 5) is 11.4. The van der Waals surface area contributed by atoms with Crippen LogP contribution in [0.4, 0.5) is 8.78 Å². The molecule has 15 heavy (non-hydrogen) atoms. The van der Waals surface area contributed by atoms with Crippen LogP contribution in [0.15, 0.2) is 5.38 Å². The van der Waals surface area contributed by atoms with Gasteiger partial charge in [0.05, 0.1) is 0 Å². The average Bonchev–Trinajstić information content (AvgIpc) is 2.61. The molecule has 1 aromatic heterocycles. The van der Waals surface area contributed by atoms with Gasteiger partial charge in [0.2, 0.25) is 0 Å². The molecule has 1 heterocycles. The molecule has 1 aromatic rings. The summed E-state index contributed by atoms with van der Waals surface area (Å²) in [7, 11) is 0. The van der Waals surface area contributed by atoms with Crippen molar-refractivity contribution in [3.8, 4) is 0 Å². The maximum absolute atomic E-state index is 13.3. The fourth-order valence-corrected chi connectivity index (χ4v) is 3.04. The summed E-state index contributed by atoms with van der Waals surface area (Å²) >= 11 is 1.25. The van der Waals surface area contributed by atoms with Crippen molar-refractivity contribution in [1.29, 1.82) is 0 Å². The maximum Gasteiger partial charge on any atom is 0.379 e. The van der Waals surface area contributed by atoms with Gasteiger partial charge in [0.15, 0.2) is 0 Å². The minimum atomic E-state index is -3.73. The van der Waals surface area contributed by atoms with Gasteiger partial charge in [0, 0.05) is 15.8 Å². The quantitative estimate of drug-likeness (QED) is 0.851. The van der Waals surface area contributed by atoms with Crippen LogP contribution in [0.25, 0.3) is 0 Å². The van der Waals surface area contributed by atoms with E-state index in [9.17, 15) is 13.6 Å². The molecule has 1 aliphatic carbocycles. The van der Waals surface area contributed by atoms with Gasteiger partial charge in [0.25, 0.3) is 0 Å². The van der Waals surface area contributed by atoms with Crippen molar-refractivity contribution in [3.63, 3.8) is 0 Å². The van der Waals surface area contributed by atoms with E-state index in [4.69, 9.17) is 5.11 Å². The van der Waals surface area contributed by atoms with E-state index in [0.717, 1.165) is 24.1 Å². The Labute approximate surface area is 89.5 Å². The number of thiophene rings is 1. The Morgan fingerprint density at radius 2 is 2.07 bits per heavy atom. The first-order valence-electron chi connectivity index (χ1n) is 4.74. The fourth-order valence-electron chi connectivity index (χ4n) is 1.87. The number of hydrogen-bond acceptors (Lipinski definition) is 2. The monoisotopic (exact) mass is 232 g/mol. The summed E-state index contributed by atoms with van der Waals surface area (Å²) in [5.74, 6) is -5.80. The van der Waals surface area contributed by atoms with Crippen LogP contribution in [-0.4, -0.2) is 11.1 Å². The van der Waals surface area contributed by atoms with Crippen molar-refractivity contribution >= 4 is 17.3 Å². The molecule has 0 bridgehead atoms. The second-order valence-corrected chi connectivity index (χ2v) is 4.60. The van der Waals surface area contributed by atoms with E-state index in [0.29, 0.717) is 12.0 Å². The molecule has 0 fully saturated rings. The zero-order valence-electron chi connectivity index (χ0n) is 7.93. The number of aliphatic carboxylic acids is 1. The molecule has 1 aliphatic rings. The Bertz CT molecular complexity index is 398. The Kier molecular flexibility index (Phi) is 2.50. The third-order valence-electron chi connectivity index (χ3n) is 2.67. The molecule has 82 valence electrons. The number of carboxylic acids is 1. The Morgan fingerprint density at radius 3 is 2.73 bits per heavy atom. The molecule has 0 spiro atoms. The topological polar surface area (TPSA) is 37.3 Å². The normalized spacial score (nSPS) is 16.1. The van der Waals surface area contributed by atoms with E-state index in [1.807, 2.05) is 0 Å². The molecular formula is C10H10F2O2S. The number of hydrogen-bond donors (Lipinski definition) is 1. The van der Waals surface area contributed by atoms with Crippen LogP contribution in [0.1, 0.15) is 28.8 Å². The highest BCUT2D eigenvalue weighted by molar-refractivity contribution is 7.10. The third kappa shape index (κ3) is 1.65. The first-order chi connectivity index (χ1) is 7.03. The lowest BCUT2D eigenvalue weighted by Crippen LogP contribution is -2.26. The van der Waals surface area contributed by atoms with Crippen LogP contribution in [0.2, 0.25) is 0 Å². The highest BCUT2D eigenvalue weighted by Crippen LogP contribution is 2.39. The molecule has 0 aromatic carbocycles. The molecule has 0 radical (unpaired) electrons. The van der Waals surface area contributed by atoms with Crippen molar-refractivity contribution < 1.29 is 18.7 Å². The lowest BCUT2D eigenvalue weighted by Gasteiger charge is -2.16. The van der Waals surface area contributed by atoms with Gasteiger partial charge in [-0.25, -0.2) is 4.79 Å². The summed E-state index contributed by atoms with van der Waals surface area (Å²) in [6.07, 6.45) is 3.25. The molecule has 0 saturated heterocycles. The molecule has 0 atom stereocenters. The van der Waals surface area contributed by atoms with Crippen molar-refractivity contribution in [2.75, 3.05) is 0 Å². The number of rotatable bonds is 2. The fraction of sp³-hybridized carbons (Fsp3) is 0.500. The summed E-state index contributed by atoms with van der Waals surface area (Å²) in [6.45, 7) is 0. The Balaban J connectivity index is 2.45. The van der Waals surface area contributed by atoms with Crippen LogP contribution in [-0.2, 0) is 23.6 Å². The van der Waals surface area contributed by atoms with Crippen molar-refractivity contribution in [1.82, 2.24) is 0 Å². The predicted octanol–water partition coefficient (Wildman–Crippen LogP) is 2.80. The van der Waals surface area contributed by atoms with Gasteiger partial charge in [0.1, 0.15) is 0 Å². The van der Waals surface area contributed by atoms with Crippen LogP contribution >= 0.6 is 11.3 Å². The standard InChI is InChI=1S/C10H10F2O2S/c11-10(12,9(13)14)7-5-15-8-4-2-1-3-6(7)8/h5H,1-4H2,(H,13,14). The van der Waals surface area contributed by atoms with Crippen LogP contribution in [0, 0.1) is 0 Å². The van der Waals surface area contributed by atoms with Gasteiger partial charge < -0.3 is 5.11 Å². The van der Waals surface area contributed by atoms with E-state index in [2.05, 4.69) is 0 Å². The SMILES string of the molecule is O=C(O)C(F)(F)c1csc2c1CCCC2. The summed E-state index contributed by atoms with van der Waals surface area (Å²) in [5, 5.41) is 9.77. The van der Waals surface area contributed by atoms with Crippen LogP contribution in [0.3, 0.4) is 0 Å². The number of halogens is 2. The molecule has 5 heteroatoms. The summed E-state index contributed by atoms with van der Waals surface area (Å²) in [6, 6.07) is 0. The van der Waals surface area contributed by atoms with Crippen molar-refractivity contribution in [2.24, 2.45) is 0 Å². The number of carboxylic acid groups (broad SMARTS) is 1. The average molecular weight is 232 g/mol. The zero-order chi connectivity index (χ0) is 11.1. The minimum Gasteiger partial charge on any atom is -0.477 e. The van der Waals surface area contributed by atoms with E-state index >= 15 is 0 Å². The van der Waals surface area contributed by atoms with Gasteiger partial charge in [-0.1, -0.05) is 0 Å². The number of aryl methyl sites for hydroxylation is 1.